The van der Waals surface area contributed by atoms with E-state index in [-0.39, 0.29) is 0 Å². The smallest absolute Gasteiger partial charge is 0.0562 e. The molecule has 11 rings (SSSR count). The normalized spacial score (nSPS) is 11.4. The second-order valence-electron chi connectivity index (χ2n) is 14.9. The van der Waals surface area contributed by atoms with Gasteiger partial charge in [0, 0.05) is 27.3 Å². The van der Waals surface area contributed by atoms with Crippen molar-refractivity contribution < 1.29 is 0 Å². The number of fused-ring (bicyclic) bond motifs is 6. The molecule has 1 heterocycles. The summed E-state index contributed by atoms with van der Waals surface area (Å²) in [6.07, 6.45) is 0. The van der Waals surface area contributed by atoms with E-state index in [0.717, 1.165) is 33.8 Å². The zero-order valence-electron chi connectivity index (χ0n) is 31.8. The van der Waals surface area contributed by atoms with Gasteiger partial charge in [-0.3, -0.25) is 0 Å². The molecule has 0 bridgehead atoms. The zero-order chi connectivity index (χ0) is 38.4. The molecular formula is C56H38N2. The molecule has 0 saturated heterocycles. The molecule has 0 radical (unpaired) electrons. The Morgan fingerprint density at radius 1 is 0.293 bits per heavy atom. The van der Waals surface area contributed by atoms with E-state index in [1.54, 1.807) is 0 Å². The monoisotopic (exact) mass is 738 g/mol. The van der Waals surface area contributed by atoms with Gasteiger partial charge in [0.1, 0.15) is 0 Å². The van der Waals surface area contributed by atoms with Crippen LogP contribution >= 0.6 is 0 Å². The van der Waals surface area contributed by atoms with Crippen molar-refractivity contribution in [2.24, 2.45) is 0 Å². The van der Waals surface area contributed by atoms with E-state index < -0.39 is 0 Å². The molecule has 0 spiro atoms. The van der Waals surface area contributed by atoms with Gasteiger partial charge >= 0.3 is 0 Å². The number of hydrogen-bond donors (Lipinski definition) is 0. The quantitative estimate of drug-likeness (QED) is 0.148. The van der Waals surface area contributed by atoms with Crippen molar-refractivity contribution >= 4 is 60.4 Å². The molecule has 58 heavy (non-hydrogen) atoms. The first-order chi connectivity index (χ1) is 28.8. The average molecular weight is 739 g/mol. The van der Waals surface area contributed by atoms with Crippen LogP contribution in [0.15, 0.2) is 231 Å². The summed E-state index contributed by atoms with van der Waals surface area (Å²) in [7, 11) is 0. The maximum absolute atomic E-state index is 2.52. The Morgan fingerprint density at radius 3 is 1.60 bits per heavy atom. The van der Waals surface area contributed by atoms with Gasteiger partial charge in [-0.2, -0.15) is 0 Å². The van der Waals surface area contributed by atoms with Crippen molar-refractivity contribution in [3.8, 4) is 39.1 Å². The number of para-hydroxylation sites is 2. The minimum absolute atomic E-state index is 1.12. The molecule has 0 aliphatic carbocycles. The first-order valence-corrected chi connectivity index (χ1v) is 19.9. The summed E-state index contributed by atoms with van der Waals surface area (Å²) in [6.45, 7) is 0. The van der Waals surface area contributed by atoms with E-state index in [0.29, 0.717) is 0 Å². The van der Waals surface area contributed by atoms with E-state index in [9.17, 15) is 0 Å². The Morgan fingerprint density at radius 2 is 0.845 bits per heavy atom. The Bertz CT molecular complexity index is 3270. The predicted molar refractivity (Wildman–Crippen MR) is 247 cm³/mol. The summed E-state index contributed by atoms with van der Waals surface area (Å²) >= 11 is 0. The van der Waals surface area contributed by atoms with Gasteiger partial charge in [0.05, 0.1) is 33.8 Å². The Balaban J connectivity index is 1.27. The van der Waals surface area contributed by atoms with Crippen molar-refractivity contribution in [3.05, 3.63) is 231 Å². The van der Waals surface area contributed by atoms with Gasteiger partial charge < -0.3 is 9.47 Å². The maximum Gasteiger partial charge on any atom is 0.0562 e. The maximum atomic E-state index is 2.52. The predicted octanol–water partition coefficient (Wildman–Crippen LogP) is 15.6. The average Bonchev–Trinajstić information content (AvgIpc) is 3.65. The molecule has 0 aliphatic heterocycles. The molecule has 0 saturated carbocycles. The van der Waals surface area contributed by atoms with Gasteiger partial charge in [-0.1, -0.05) is 194 Å². The van der Waals surface area contributed by atoms with Gasteiger partial charge in [-0.25, -0.2) is 0 Å². The third-order valence-electron chi connectivity index (χ3n) is 11.6. The van der Waals surface area contributed by atoms with Crippen LogP contribution in [0.4, 0.5) is 17.1 Å². The highest BCUT2D eigenvalue weighted by molar-refractivity contribution is 6.20. The third kappa shape index (κ3) is 5.57. The van der Waals surface area contributed by atoms with E-state index in [1.165, 1.54) is 65.7 Å². The molecule has 0 amide bonds. The summed E-state index contributed by atoms with van der Waals surface area (Å²) < 4.78 is 2.49. The number of aromatic nitrogens is 1. The lowest BCUT2D eigenvalue weighted by molar-refractivity contribution is 1.18. The lowest BCUT2D eigenvalue weighted by Gasteiger charge is -2.30. The summed E-state index contributed by atoms with van der Waals surface area (Å²) in [5.74, 6) is 0. The molecule has 2 heteroatoms. The summed E-state index contributed by atoms with van der Waals surface area (Å²) in [5.41, 5.74) is 13.9. The summed E-state index contributed by atoms with van der Waals surface area (Å²) in [4.78, 5) is 2.52. The molecule has 11 aromatic rings. The largest absolute Gasteiger partial charge is 0.309 e. The number of anilines is 3. The van der Waals surface area contributed by atoms with Crippen LogP contribution in [0.3, 0.4) is 0 Å². The van der Waals surface area contributed by atoms with E-state index in [1.807, 2.05) is 0 Å². The van der Waals surface area contributed by atoms with Crippen molar-refractivity contribution in [1.29, 1.82) is 0 Å². The fourth-order valence-corrected chi connectivity index (χ4v) is 8.97. The van der Waals surface area contributed by atoms with Gasteiger partial charge in [-0.15, -0.1) is 0 Å². The third-order valence-corrected chi connectivity index (χ3v) is 11.6. The van der Waals surface area contributed by atoms with E-state index in [4.69, 9.17) is 0 Å². The molecule has 0 N–H and O–H groups in total. The van der Waals surface area contributed by atoms with Crippen LogP contribution in [0.25, 0.3) is 82.4 Å². The molecular weight excluding hydrogens is 701 g/mol. The van der Waals surface area contributed by atoms with Crippen LogP contribution in [-0.4, -0.2) is 4.57 Å². The molecule has 10 aromatic carbocycles. The Labute approximate surface area is 338 Å². The van der Waals surface area contributed by atoms with Crippen LogP contribution < -0.4 is 4.90 Å². The summed E-state index contributed by atoms with van der Waals surface area (Å²) in [5, 5.41) is 7.29. The standard InChI is InChI=1S/C56H38N2/c1-4-19-39(20-5-1)42-35-36-46(41-23-8-3-9-24-41)54(37-42)58-51-32-17-15-30-49(51)56-52(33-18-34-53(56)58)57(50-31-16-14-27-45(50)40-21-6-2-7-22-40)55-38-43-25-10-11-26-44(43)47-28-12-13-29-48(47)55/h1-38H. The van der Waals surface area contributed by atoms with Crippen molar-refractivity contribution in [3.63, 3.8) is 0 Å². The first kappa shape index (κ1) is 33.6. The fraction of sp³-hybridized carbons (Fsp3) is 0. The van der Waals surface area contributed by atoms with Crippen LogP contribution in [-0.2, 0) is 0 Å². The highest BCUT2D eigenvalue weighted by Crippen LogP contribution is 2.49. The second kappa shape index (κ2) is 14.1. The topological polar surface area (TPSA) is 8.17 Å². The zero-order valence-corrected chi connectivity index (χ0v) is 31.8. The number of rotatable bonds is 7. The summed E-state index contributed by atoms with van der Waals surface area (Å²) in [6, 6.07) is 83.8. The van der Waals surface area contributed by atoms with Crippen LogP contribution in [0.2, 0.25) is 0 Å². The van der Waals surface area contributed by atoms with Gasteiger partial charge in [-0.05, 0) is 74.8 Å². The molecule has 0 atom stereocenters. The van der Waals surface area contributed by atoms with E-state index in [2.05, 4.69) is 240 Å². The SMILES string of the molecule is c1ccc(-c2ccc(-c3ccccc3)c(-n3c4ccccc4c4c(N(c5ccccc5-c5ccccc5)c5cc6ccccc6c6ccccc56)cccc43)c2)cc1. The molecule has 0 aliphatic rings. The Hall–Kier alpha value is -7.68. The number of hydrogen-bond acceptors (Lipinski definition) is 1. The van der Waals surface area contributed by atoms with Gasteiger partial charge in [0.25, 0.3) is 0 Å². The van der Waals surface area contributed by atoms with Crippen LogP contribution in [0, 0.1) is 0 Å². The first-order valence-electron chi connectivity index (χ1n) is 19.9. The molecule has 0 unspecified atom stereocenters. The highest BCUT2D eigenvalue weighted by atomic mass is 15.2. The van der Waals surface area contributed by atoms with Crippen LogP contribution in [0.5, 0.6) is 0 Å². The second-order valence-corrected chi connectivity index (χ2v) is 14.9. The number of benzene rings is 10. The fourth-order valence-electron chi connectivity index (χ4n) is 8.97. The van der Waals surface area contributed by atoms with E-state index >= 15 is 0 Å². The lowest BCUT2D eigenvalue weighted by Crippen LogP contribution is -2.12. The molecule has 0 fully saturated rings. The van der Waals surface area contributed by atoms with Crippen molar-refractivity contribution in [2.75, 3.05) is 4.90 Å². The minimum atomic E-state index is 1.12. The van der Waals surface area contributed by atoms with Crippen molar-refractivity contribution in [2.45, 2.75) is 0 Å². The van der Waals surface area contributed by atoms with Gasteiger partial charge in [0.15, 0.2) is 0 Å². The molecule has 1 aromatic heterocycles. The molecule has 272 valence electrons. The lowest BCUT2D eigenvalue weighted by atomic mass is 9.97. The Kier molecular flexibility index (Phi) is 8.19. The van der Waals surface area contributed by atoms with Gasteiger partial charge in [0.2, 0.25) is 0 Å². The molecule has 2 nitrogen and oxygen atoms in total. The number of nitrogens with zero attached hydrogens (tertiary/aromatic N) is 2. The van der Waals surface area contributed by atoms with Crippen molar-refractivity contribution in [1.82, 2.24) is 4.57 Å². The minimum Gasteiger partial charge on any atom is -0.309 e. The van der Waals surface area contributed by atoms with Crippen LogP contribution in [0.1, 0.15) is 0 Å². The highest BCUT2D eigenvalue weighted by Gasteiger charge is 2.25.